The lowest BCUT2D eigenvalue weighted by Gasteiger charge is -2.35. The van der Waals surface area contributed by atoms with E-state index in [2.05, 4.69) is 25.3 Å². The van der Waals surface area contributed by atoms with Crippen LogP contribution < -0.4 is 10.2 Å². The fraction of sp³-hybridized carbons (Fsp3) is 0.300. The van der Waals surface area contributed by atoms with E-state index >= 15 is 0 Å². The molecule has 3 aromatic rings. The molecule has 1 aromatic carbocycles. The molecule has 28 heavy (non-hydrogen) atoms. The number of urea groups is 1. The number of piperazine rings is 1. The first kappa shape index (κ1) is 18.0. The summed E-state index contributed by atoms with van der Waals surface area (Å²) in [4.78, 5) is 25.2. The molecule has 8 heteroatoms. The summed E-state index contributed by atoms with van der Waals surface area (Å²) in [6.45, 7) is 4.81. The number of benzene rings is 1. The minimum Gasteiger partial charge on any atom is -0.353 e. The third-order valence-electron chi connectivity index (χ3n) is 4.71. The quantitative estimate of drug-likeness (QED) is 0.751. The fourth-order valence-corrected chi connectivity index (χ4v) is 3.09. The fourth-order valence-electron chi connectivity index (χ4n) is 3.09. The van der Waals surface area contributed by atoms with Gasteiger partial charge in [-0.05, 0) is 36.4 Å². The highest BCUT2D eigenvalue weighted by Gasteiger charge is 2.21. The van der Waals surface area contributed by atoms with E-state index in [1.165, 1.54) is 0 Å². The van der Waals surface area contributed by atoms with Gasteiger partial charge in [0, 0.05) is 50.0 Å². The van der Waals surface area contributed by atoms with Gasteiger partial charge in [0.2, 0.25) is 0 Å². The second-order valence-electron chi connectivity index (χ2n) is 6.54. The van der Waals surface area contributed by atoms with Crippen molar-refractivity contribution in [2.24, 2.45) is 0 Å². The molecule has 1 saturated heterocycles. The minimum atomic E-state index is -0.0977. The van der Waals surface area contributed by atoms with Gasteiger partial charge in [0.15, 0.2) is 5.82 Å². The number of carbonyl (C=O) groups excluding carboxylic acids is 1. The van der Waals surface area contributed by atoms with Gasteiger partial charge in [0.25, 0.3) is 5.89 Å². The molecule has 0 spiro atoms. The summed E-state index contributed by atoms with van der Waals surface area (Å²) in [7, 11) is 0. The molecule has 1 fully saturated rings. The summed E-state index contributed by atoms with van der Waals surface area (Å²) in [5.41, 5.74) is 1.56. The van der Waals surface area contributed by atoms with Crippen molar-refractivity contribution in [2.45, 2.75) is 13.3 Å². The number of carbonyl (C=O) groups is 1. The molecular weight excluding hydrogens is 356 g/mol. The lowest BCUT2D eigenvalue weighted by molar-refractivity contribution is 0.208. The summed E-state index contributed by atoms with van der Waals surface area (Å²) in [6, 6.07) is 13.2. The van der Waals surface area contributed by atoms with Crippen molar-refractivity contribution in [3.63, 3.8) is 0 Å². The molecule has 4 rings (SSSR count). The Bertz CT molecular complexity index is 917. The summed E-state index contributed by atoms with van der Waals surface area (Å²) in [5, 5.41) is 6.85. The first-order valence-electron chi connectivity index (χ1n) is 9.38. The number of aryl methyl sites for hydroxylation is 1. The summed E-state index contributed by atoms with van der Waals surface area (Å²) < 4.78 is 5.24. The van der Waals surface area contributed by atoms with Gasteiger partial charge < -0.3 is 19.6 Å². The first-order valence-corrected chi connectivity index (χ1v) is 9.38. The largest absolute Gasteiger partial charge is 0.353 e. The Hall–Kier alpha value is -3.42. The van der Waals surface area contributed by atoms with Crippen LogP contribution in [-0.2, 0) is 6.42 Å². The molecule has 2 aromatic heterocycles. The first-order chi connectivity index (χ1) is 13.7. The second-order valence-corrected chi connectivity index (χ2v) is 6.54. The van der Waals surface area contributed by atoms with Crippen molar-refractivity contribution in [2.75, 3.05) is 36.4 Å². The monoisotopic (exact) mass is 378 g/mol. The maximum atomic E-state index is 12.5. The van der Waals surface area contributed by atoms with Crippen molar-refractivity contribution < 1.29 is 9.32 Å². The van der Waals surface area contributed by atoms with Crippen LogP contribution in [-0.4, -0.2) is 52.2 Å². The van der Waals surface area contributed by atoms with E-state index in [1.807, 2.05) is 54.3 Å². The maximum absolute atomic E-state index is 12.5. The van der Waals surface area contributed by atoms with Crippen LogP contribution >= 0.6 is 0 Å². The molecule has 0 bridgehead atoms. The van der Waals surface area contributed by atoms with Crippen LogP contribution in [0.15, 0.2) is 53.2 Å². The number of rotatable bonds is 4. The Morgan fingerprint density at radius 1 is 1.11 bits per heavy atom. The third kappa shape index (κ3) is 3.95. The van der Waals surface area contributed by atoms with Crippen LogP contribution in [0.25, 0.3) is 11.5 Å². The molecule has 0 unspecified atom stereocenters. The van der Waals surface area contributed by atoms with Gasteiger partial charge in [-0.1, -0.05) is 18.1 Å². The molecule has 3 heterocycles. The smallest absolute Gasteiger partial charge is 0.321 e. The van der Waals surface area contributed by atoms with E-state index in [4.69, 9.17) is 4.52 Å². The zero-order valence-corrected chi connectivity index (χ0v) is 15.7. The highest BCUT2D eigenvalue weighted by Crippen LogP contribution is 2.20. The third-order valence-corrected chi connectivity index (χ3v) is 4.71. The molecule has 0 atom stereocenters. The number of nitrogens with zero attached hydrogens (tertiary/aromatic N) is 5. The average Bonchev–Trinajstić information content (AvgIpc) is 3.24. The van der Waals surface area contributed by atoms with E-state index in [0.717, 1.165) is 36.6 Å². The standard InChI is InChI=1S/C20H22N6O2/c1-2-17-23-19(28-24-17)15-6-8-16(9-7-15)22-20(27)26-13-11-25(12-14-26)18-5-3-4-10-21-18/h3-10H,2,11-14H2,1H3,(H,22,27). The highest BCUT2D eigenvalue weighted by atomic mass is 16.5. The van der Waals surface area contributed by atoms with Crippen molar-refractivity contribution in [1.82, 2.24) is 20.0 Å². The van der Waals surface area contributed by atoms with Crippen molar-refractivity contribution in [3.05, 3.63) is 54.5 Å². The number of anilines is 2. The predicted molar refractivity (Wildman–Crippen MR) is 106 cm³/mol. The predicted octanol–water partition coefficient (Wildman–Crippen LogP) is 3.05. The Morgan fingerprint density at radius 3 is 2.54 bits per heavy atom. The van der Waals surface area contributed by atoms with E-state index < -0.39 is 0 Å². The number of hydrogen-bond donors (Lipinski definition) is 1. The normalized spacial score (nSPS) is 14.2. The molecule has 8 nitrogen and oxygen atoms in total. The van der Waals surface area contributed by atoms with Crippen LogP contribution in [0.3, 0.4) is 0 Å². The molecule has 0 aliphatic carbocycles. The zero-order chi connectivity index (χ0) is 19.3. The Labute approximate surface area is 163 Å². The van der Waals surface area contributed by atoms with Gasteiger partial charge in [-0.25, -0.2) is 9.78 Å². The molecular formula is C20H22N6O2. The second kappa shape index (κ2) is 8.08. The van der Waals surface area contributed by atoms with Crippen molar-refractivity contribution in [3.8, 4) is 11.5 Å². The van der Waals surface area contributed by atoms with Crippen molar-refractivity contribution in [1.29, 1.82) is 0 Å². The minimum absolute atomic E-state index is 0.0977. The molecule has 1 N–H and O–H groups in total. The molecule has 1 aliphatic heterocycles. The van der Waals surface area contributed by atoms with Crippen molar-refractivity contribution >= 4 is 17.5 Å². The van der Waals surface area contributed by atoms with E-state index in [0.29, 0.717) is 24.8 Å². The van der Waals surface area contributed by atoms with Gasteiger partial charge in [-0.3, -0.25) is 0 Å². The molecule has 0 saturated carbocycles. The molecule has 2 amide bonds. The van der Waals surface area contributed by atoms with E-state index in [9.17, 15) is 4.79 Å². The van der Waals surface area contributed by atoms with Gasteiger partial charge in [0.1, 0.15) is 5.82 Å². The zero-order valence-electron chi connectivity index (χ0n) is 15.7. The van der Waals surface area contributed by atoms with Crippen LogP contribution in [0.4, 0.5) is 16.3 Å². The van der Waals surface area contributed by atoms with E-state index in [-0.39, 0.29) is 6.03 Å². The van der Waals surface area contributed by atoms with Crippen LogP contribution in [0.1, 0.15) is 12.7 Å². The van der Waals surface area contributed by atoms with Gasteiger partial charge in [-0.2, -0.15) is 4.98 Å². The summed E-state index contributed by atoms with van der Waals surface area (Å²) in [5.74, 6) is 2.11. The summed E-state index contributed by atoms with van der Waals surface area (Å²) >= 11 is 0. The van der Waals surface area contributed by atoms with Gasteiger partial charge in [0.05, 0.1) is 0 Å². The SMILES string of the molecule is CCc1noc(-c2ccc(NC(=O)N3CCN(c4ccccn4)CC3)cc2)n1. The lowest BCUT2D eigenvalue weighted by Crippen LogP contribution is -2.50. The van der Waals surface area contributed by atoms with Gasteiger partial charge in [-0.15, -0.1) is 0 Å². The Balaban J connectivity index is 1.33. The topological polar surface area (TPSA) is 87.4 Å². The van der Waals surface area contributed by atoms with Gasteiger partial charge >= 0.3 is 6.03 Å². The average molecular weight is 378 g/mol. The number of amides is 2. The summed E-state index contributed by atoms with van der Waals surface area (Å²) in [6.07, 6.45) is 2.51. The molecule has 1 aliphatic rings. The molecule has 0 radical (unpaired) electrons. The van der Waals surface area contributed by atoms with Crippen LogP contribution in [0.2, 0.25) is 0 Å². The number of pyridine rings is 1. The Kier molecular flexibility index (Phi) is 5.18. The molecule has 144 valence electrons. The van der Waals surface area contributed by atoms with E-state index in [1.54, 1.807) is 6.20 Å². The number of hydrogen-bond acceptors (Lipinski definition) is 6. The highest BCUT2D eigenvalue weighted by molar-refractivity contribution is 5.89. The number of nitrogens with one attached hydrogen (secondary N) is 1. The van der Waals surface area contributed by atoms with Crippen LogP contribution in [0, 0.1) is 0 Å². The maximum Gasteiger partial charge on any atom is 0.321 e. The van der Waals surface area contributed by atoms with Crippen LogP contribution in [0.5, 0.6) is 0 Å². The Morgan fingerprint density at radius 2 is 1.89 bits per heavy atom. The lowest BCUT2D eigenvalue weighted by atomic mass is 10.2. The number of aromatic nitrogens is 3.